The predicted octanol–water partition coefficient (Wildman–Crippen LogP) is 3.10. The van der Waals surface area contributed by atoms with Crippen molar-refractivity contribution in [1.29, 1.82) is 0 Å². The van der Waals surface area contributed by atoms with Crippen LogP contribution in [0.2, 0.25) is 6.55 Å². The highest BCUT2D eigenvalue weighted by Crippen LogP contribution is 2.14. The van der Waals surface area contributed by atoms with Gasteiger partial charge in [0.15, 0.2) is 0 Å². The Morgan fingerprint density at radius 2 is 1.67 bits per heavy atom. The molecule has 0 aliphatic carbocycles. The van der Waals surface area contributed by atoms with E-state index in [1.54, 1.807) is 0 Å². The second-order valence-electron chi connectivity index (χ2n) is 4.00. The first kappa shape index (κ1) is 15.2. The van der Waals surface area contributed by atoms with Crippen LogP contribution in [0.5, 0.6) is 0 Å². The molecule has 1 aromatic carbocycles. The molecule has 1 rings (SSSR count). The summed E-state index contributed by atoms with van der Waals surface area (Å²) in [6.45, 7) is 8.97. The summed E-state index contributed by atoms with van der Waals surface area (Å²) in [4.78, 5) is 0. The van der Waals surface area contributed by atoms with Crippen molar-refractivity contribution >= 4 is 14.5 Å². The van der Waals surface area contributed by atoms with E-state index >= 15 is 0 Å². The summed E-state index contributed by atoms with van der Waals surface area (Å²) < 4.78 is 17.2. The lowest BCUT2D eigenvalue weighted by Gasteiger charge is -2.29. The van der Waals surface area contributed by atoms with Gasteiger partial charge in [0.1, 0.15) is 6.23 Å². The molecule has 5 heteroatoms. The fourth-order valence-corrected chi connectivity index (χ4v) is 3.72. The fourth-order valence-electron chi connectivity index (χ4n) is 1.75. The largest absolute Gasteiger partial charge is 0.499 e. The summed E-state index contributed by atoms with van der Waals surface area (Å²) in [5.41, 5.74) is 1.02. The Morgan fingerprint density at radius 3 is 2.17 bits per heavy atom. The second-order valence-corrected chi connectivity index (χ2v) is 6.54. The van der Waals surface area contributed by atoms with Crippen molar-refractivity contribution < 1.29 is 13.3 Å². The first-order valence-corrected chi connectivity index (χ1v) is 8.59. The van der Waals surface area contributed by atoms with Crippen LogP contribution < -0.4 is 5.32 Å². The lowest BCUT2D eigenvalue weighted by atomic mass is 10.3. The van der Waals surface area contributed by atoms with Crippen LogP contribution in [0.3, 0.4) is 0 Å². The average Bonchev–Trinajstić information content (AvgIpc) is 2.30. The Morgan fingerprint density at radius 1 is 1.11 bits per heavy atom. The highest BCUT2D eigenvalue weighted by molar-refractivity contribution is 6.59. The minimum atomic E-state index is -2.53. The number of benzene rings is 1. The van der Waals surface area contributed by atoms with E-state index in [9.17, 15) is 0 Å². The molecule has 0 bridgehead atoms. The minimum Gasteiger partial charge on any atom is -0.374 e. The Balaban J connectivity index is 2.53. The zero-order valence-corrected chi connectivity index (χ0v) is 12.6. The number of hydrogen-bond acceptors (Lipinski definition) is 4. The van der Waals surface area contributed by atoms with Crippen LogP contribution in [0.4, 0.5) is 5.69 Å². The van der Waals surface area contributed by atoms with Crippen LogP contribution in [-0.2, 0) is 13.3 Å². The maximum Gasteiger partial charge on any atom is 0.499 e. The average molecular weight is 269 g/mol. The summed E-state index contributed by atoms with van der Waals surface area (Å²) in [6.07, 6.45) is -0.151. The van der Waals surface area contributed by atoms with Gasteiger partial charge in [-0.25, -0.2) is 0 Å². The summed E-state index contributed by atoms with van der Waals surface area (Å²) in [5, 5.41) is 3.27. The number of nitrogens with one attached hydrogen (secondary N) is 1. The first-order valence-electron chi connectivity index (χ1n) is 6.37. The van der Waals surface area contributed by atoms with Crippen molar-refractivity contribution in [1.82, 2.24) is 0 Å². The molecule has 0 aliphatic rings. The normalized spacial score (nSPS) is 13.3. The van der Waals surface area contributed by atoms with E-state index < -0.39 is 8.80 Å². The highest BCUT2D eigenvalue weighted by atomic mass is 28.4. The number of rotatable bonds is 8. The summed E-state index contributed by atoms with van der Waals surface area (Å²) in [7, 11) is -2.53. The van der Waals surface area contributed by atoms with Gasteiger partial charge in [-0.05, 0) is 32.9 Å². The maximum atomic E-state index is 5.91. The molecule has 102 valence electrons. The Hall–Kier alpha value is -0.883. The first-order chi connectivity index (χ1) is 8.59. The molecule has 1 atom stereocenters. The molecule has 0 heterocycles. The van der Waals surface area contributed by atoms with E-state index in [-0.39, 0.29) is 6.23 Å². The Labute approximate surface area is 111 Å². The van der Waals surface area contributed by atoms with Crippen LogP contribution in [0.1, 0.15) is 20.8 Å². The molecule has 0 fully saturated rings. The zero-order chi connectivity index (χ0) is 13.4. The van der Waals surface area contributed by atoms with Crippen LogP contribution in [0.25, 0.3) is 0 Å². The van der Waals surface area contributed by atoms with Gasteiger partial charge < -0.3 is 18.6 Å². The predicted molar refractivity (Wildman–Crippen MR) is 75.5 cm³/mol. The molecular formula is C13H23NO3Si. The third-order valence-electron chi connectivity index (χ3n) is 2.35. The van der Waals surface area contributed by atoms with Crippen molar-refractivity contribution in [3.63, 3.8) is 0 Å². The fraction of sp³-hybridized carbons (Fsp3) is 0.538. The second kappa shape index (κ2) is 7.53. The van der Waals surface area contributed by atoms with E-state index in [4.69, 9.17) is 13.3 Å². The van der Waals surface area contributed by atoms with Crippen LogP contribution >= 0.6 is 0 Å². The number of para-hydroxylation sites is 1. The third-order valence-corrected chi connectivity index (χ3v) is 4.76. The molecule has 0 saturated heterocycles. The standard InChI is InChI=1S/C13H23NO3Si/c1-5-15-18(4,16-6-2)17-12(3)14-13-10-8-7-9-11-13/h7-12,14H,5-6H2,1-4H3/t12-/m1/s1. The summed E-state index contributed by atoms with van der Waals surface area (Å²) in [5.74, 6) is 0. The van der Waals surface area contributed by atoms with Crippen molar-refractivity contribution in [2.75, 3.05) is 18.5 Å². The van der Waals surface area contributed by atoms with E-state index in [0.717, 1.165) is 5.69 Å². The van der Waals surface area contributed by atoms with Gasteiger partial charge in [0.2, 0.25) is 0 Å². The van der Waals surface area contributed by atoms with Gasteiger partial charge in [-0.3, -0.25) is 0 Å². The van der Waals surface area contributed by atoms with Crippen LogP contribution in [0.15, 0.2) is 30.3 Å². The quantitative estimate of drug-likeness (QED) is 0.581. The van der Waals surface area contributed by atoms with Crippen molar-refractivity contribution in [2.24, 2.45) is 0 Å². The molecule has 1 aromatic rings. The molecule has 0 radical (unpaired) electrons. The molecule has 0 aliphatic heterocycles. The molecule has 4 nitrogen and oxygen atoms in total. The summed E-state index contributed by atoms with van der Waals surface area (Å²) in [6, 6.07) is 9.95. The van der Waals surface area contributed by atoms with Gasteiger partial charge in [0, 0.05) is 25.4 Å². The van der Waals surface area contributed by atoms with Crippen LogP contribution in [-0.4, -0.2) is 28.2 Å². The lowest BCUT2D eigenvalue weighted by Crippen LogP contribution is -2.46. The topological polar surface area (TPSA) is 39.7 Å². The van der Waals surface area contributed by atoms with Crippen molar-refractivity contribution in [3.8, 4) is 0 Å². The number of hydrogen-bond donors (Lipinski definition) is 1. The highest BCUT2D eigenvalue weighted by Gasteiger charge is 2.35. The van der Waals surface area contributed by atoms with Crippen LogP contribution in [0, 0.1) is 0 Å². The minimum absolute atomic E-state index is 0.151. The van der Waals surface area contributed by atoms with Gasteiger partial charge in [-0.15, -0.1) is 0 Å². The lowest BCUT2D eigenvalue weighted by molar-refractivity contribution is 0.0533. The van der Waals surface area contributed by atoms with E-state index in [0.29, 0.717) is 13.2 Å². The molecular weight excluding hydrogens is 246 g/mol. The third kappa shape index (κ3) is 5.18. The smallest absolute Gasteiger partial charge is 0.374 e. The maximum absolute atomic E-state index is 5.91. The van der Waals surface area contributed by atoms with Gasteiger partial charge in [-0.1, -0.05) is 18.2 Å². The van der Waals surface area contributed by atoms with E-state index in [1.165, 1.54) is 0 Å². The Bertz CT molecular complexity index is 328. The van der Waals surface area contributed by atoms with Gasteiger partial charge in [0.25, 0.3) is 0 Å². The van der Waals surface area contributed by atoms with E-state index in [2.05, 4.69) is 5.32 Å². The number of anilines is 1. The molecule has 18 heavy (non-hydrogen) atoms. The monoisotopic (exact) mass is 269 g/mol. The van der Waals surface area contributed by atoms with Crippen molar-refractivity contribution in [2.45, 2.75) is 33.5 Å². The molecule has 0 aromatic heterocycles. The molecule has 1 N–H and O–H groups in total. The van der Waals surface area contributed by atoms with E-state index in [1.807, 2.05) is 57.7 Å². The van der Waals surface area contributed by atoms with Gasteiger partial charge in [0.05, 0.1) is 0 Å². The molecule has 0 amide bonds. The molecule has 0 spiro atoms. The van der Waals surface area contributed by atoms with Gasteiger partial charge >= 0.3 is 8.80 Å². The summed E-state index contributed by atoms with van der Waals surface area (Å²) >= 11 is 0. The molecule has 0 unspecified atom stereocenters. The SMILES string of the molecule is CCO[Si](C)(OCC)O[C@H](C)Nc1ccccc1. The Kier molecular flexibility index (Phi) is 6.35. The van der Waals surface area contributed by atoms with Gasteiger partial charge in [-0.2, -0.15) is 0 Å². The zero-order valence-electron chi connectivity index (χ0n) is 11.6. The van der Waals surface area contributed by atoms with Crippen molar-refractivity contribution in [3.05, 3.63) is 30.3 Å². The molecule has 0 saturated carbocycles.